The molecule has 0 bridgehead atoms. The van der Waals surface area contributed by atoms with Gasteiger partial charge in [0.15, 0.2) is 11.5 Å². The van der Waals surface area contributed by atoms with Gasteiger partial charge in [-0.3, -0.25) is 9.59 Å². The van der Waals surface area contributed by atoms with Crippen molar-refractivity contribution in [2.24, 2.45) is 5.92 Å². The number of unbranched alkanes of at least 4 members (excludes halogenated alkanes) is 4. The Labute approximate surface area is 132 Å². The third kappa shape index (κ3) is 6.74. The van der Waals surface area contributed by atoms with Crippen LogP contribution in [0.3, 0.4) is 0 Å². The molecule has 0 aromatic heterocycles. The smallest absolute Gasteiger partial charge is 0.313 e. The zero-order chi connectivity index (χ0) is 16.4. The molecular formula is C18H26O4. The van der Waals surface area contributed by atoms with E-state index in [-0.39, 0.29) is 17.9 Å². The van der Waals surface area contributed by atoms with Crippen LogP contribution in [-0.4, -0.2) is 11.9 Å². The molecule has 0 aliphatic heterocycles. The van der Waals surface area contributed by atoms with E-state index in [0.717, 1.165) is 19.3 Å². The first-order valence-electron chi connectivity index (χ1n) is 8.06. The lowest BCUT2D eigenvalue weighted by Gasteiger charge is -2.11. The highest BCUT2D eigenvalue weighted by Crippen LogP contribution is 2.27. The van der Waals surface area contributed by atoms with Gasteiger partial charge in [-0.05, 0) is 18.6 Å². The number of hydrogen-bond donors (Lipinski definition) is 0. The molecule has 1 aromatic rings. The Morgan fingerprint density at radius 1 is 0.955 bits per heavy atom. The maximum absolute atomic E-state index is 11.9. The van der Waals surface area contributed by atoms with E-state index in [1.54, 1.807) is 38.1 Å². The van der Waals surface area contributed by atoms with Crippen molar-refractivity contribution >= 4 is 11.9 Å². The van der Waals surface area contributed by atoms with E-state index in [1.165, 1.54) is 12.8 Å². The summed E-state index contributed by atoms with van der Waals surface area (Å²) in [5, 5.41) is 0. The third-order valence-corrected chi connectivity index (χ3v) is 3.24. The van der Waals surface area contributed by atoms with Gasteiger partial charge in [0, 0.05) is 6.42 Å². The van der Waals surface area contributed by atoms with Gasteiger partial charge in [0.05, 0.1) is 5.92 Å². The Balaban J connectivity index is 2.51. The fraction of sp³-hybridized carbons (Fsp3) is 0.556. The maximum atomic E-state index is 11.9. The first kappa shape index (κ1) is 18.2. The minimum atomic E-state index is -0.344. The second-order valence-corrected chi connectivity index (χ2v) is 5.66. The first-order valence-corrected chi connectivity index (χ1v) is 8.06. The summed E-state index contributed by atoms with van der Waals surface area (Å²) in [6.07, 6.45) is 5.77. The van der Waals surface area contributed by atoms with Crippen LogP contribution in [0, 0.1) is 5.92 Å². The second kappa shape index (κ2) is 9.98. The number of carbonyl (C=O) groups is 2. The molecule has 122 valence electrons. The summed E-state index contributed by atoms with van der Waals surface area (Å²) in [6.45, 7) is 5.67. The SMILES string of the molecule is CCCCCCCC(=O)Oc1ccccc1OC(=O)C(C)C. The lowest BCUT2D eigenvalue weighted by atomic mass is 10.1. The maximum Gasteiger partial charge on any atom is 0.313 e. The molecule has 0 aliphatic rings. The first-order chi connectivity index (χ1) is 10.5. The molecule has 0 heterocycles. The van der Waals surface area contributed by atoms with Crippen LogP contribution in [0.25, 0.3) is 0 Å². The molecule has 4 nitrogen and oxygen atoms in total. The molecule has 0 saturated heterocycles. The van der Waals surface area contributed by atoms with E-state index >= 15 is 0 Å². The Bertz CT molecular complexity index is 480. The Hall–Kier alpha value is -1.84. The standard InChI is InChI=1S/C18H26O4/c1-4-5-6-7-8-13-17(19)21-15-11-9-10-12-16(15)22-18(20)14(2)3/h9-12,14H,4-8,13H2,1-3H3. The van der Waals surface area contributed by atoms with Crippen LogP contribution in [-0.2, 0) is 9.59 Å². The van der Waals surface area contributed by atoms with Crippen LogP contribution in [0.4, 0.5) is 0 Å². The summed E-state index contributed by atoms with van der Waals surface area (Å²) in [5.74, 6) is -0.273. The van der Waals surface area contributed by atoms with Gasteiger partial charge in [0.2, 0.25) is 0 Å². The molecule has 0 fully saturated rings. The summed E-state index contributed by atoms with van der Waals surface area (Å²) in [7, 11) is 0. The predicted molar refractivity (Wildman–Crippen MR) is 85.9 cm³/mol. The lowest BCUT2D eigenvalue weighted by Crippen LogP contribution is -2.16. The van der Waals surface area contributed by atoms with Crippen molar-refractivity contribution in [2.45, 2.75) is 59.3 Å². The Kier molecular flexibility index (Phi) is 8.26. The van der Waals surface area contributed by atoms with Gasteiger partial charge < -0.3 is 9.47 Å². The van der Waals surface area contributed by atoms with E-state index in [9.17, 15) is 9.59 Å². The number of rotatable bonds is 9. The quantitative estimate of drug-likeness (QED) is 0.382. The van der Waals surface area contributed by atoms with E-state index in [1.807, 2.05) is 0 Å². The fourth-order valence-electron chi connectivity index (χ4n) is 1.89. The molecule has 0 unspecified atom stereocenters. The van der Waals surface area contributed by atoms with Gasteiger partial charge >= 0.3 is 11.9 Å². The summed E-state index contributed by atoms with van der Waals surface area (Å²) in [5.41, 5.74) is 0. The molecule has 1 rings (SSSR count). The van der Waals surface area contributed by atoms with Crippen LogP contribution >= 0.6 is 0 Å². The van der Waals surface area contributed by atoms with Gasteiger partial charge in [0.25, 0.3) is 0 Å². The average molecular weight is 306 g/mol. The molecule has 0 atom stereocenters. The van der Waals surface area contributed by atoms with Gasteiger partial charge in [-0.2, -0.15) is 0 Å². The lowest BCUT2D eigenvalue weighted by molar-refractivity contribution is -0.139. The highest BCUT2D eigenvalue weighted by molar-refractivity contribution is 5.77. The minimum absolute atomic E-state index is 0.234. The zero-order valence-corrected chi connectivity index (χ0v) is 13.8. The highest BCUT2D eigenvalue weighted by atomic mass is 16.6. The number of benzene rings is 1. The number of hydrogen-bond acceptors (Lipinski definition) is 4. The highest BCUT2D eigenvalue weighted by Gasteiger charge is 2.15. The summed E-state index contributed by atoms with van der Waals surface area (Å²) in [6, 6.07) is 6.75. The van der Waals surface area contributed by atoms with E-state index in [2.05, 4.69) is 6.92 Å². The normalized spacial score (nSPS) is 10.5. The molecule has 0 aliphatic carbocycles. The molecule has 0 radical (unpaired) electrons. The molecule has 0 N–H and O–H groups in total. The van der Waals surface area contributed by atoms with Gasteiger partial charge in [-0.25, -0.2) is 0 Å². The van der Waals surface area contributed by atoms with Gasteiger partial charge in [-0.15, -0.1) is 0 Å². The number of carbonyl (C=O) groups excluding carboxylic acids is 2. The largest absolute Gasteiger partial charge is 0.423 e. The molecule has 0 spiro atoms. The zero-order valence-electron chi connectivity index (χ0n) is 13.8. The van der Waals surface area contributed by atoms with E-state index < -0.39 is 0 Å². The van der Waals surface area contributed by atoms with Crippen molar-refractivity contribution in [3.8, 4) is 11.5 Å². The summed E-state index contributed by atoms with van der Waals surface area (Å²) < 4.78 is 10.6. The number of ether oxygens (including phenoxy) is 2. The van der Waals surface area contributed by atoms with Crippen LogP contribution in [0.2, 0.25) is 0 Å². The molecule has 1 aromatic carbocycles. The molecular weight excluding hydrogens is 280 g/mol. The molecule has 0 saturated carbocycles. The topological polar surface area (TPSA) is 52.6 Å². The minimum Gasteiger partial charge on any atom is -0.423 e. The van der Waals surface area contributed by atoms with Crippen molar-refractivity contribution in [2.75, 3.05) is 0 Å². The Morgan fingerprint density at radius 3 is 2.14 bits per heavy atom. The van der Waals surface area contributed by atoms with Crippen molar-refractivity contribution in [1.82, 2.24) is 0 Å². The number of para-hydroxylation sites is 2. The van der Waals surface area contributed by atoms with Crippen molar-refractivity contribution < 1.29 is 19.1 Å². The van der Waals surface area contributed by atoms with Crippen molar-refractivity contribution in [1.29, 1.82) is 0 Å². The van der Waals surface area contributed by atoms with Crippen LogP contribution in [0.1, 0.15) is 59.3 Å². The Morgan fingerprint density at radius 2 is 1.55 bits per heavy atom. The molecule has 4 heteroatoms. The van der Waals surface area contributed by atoms with Gasteiger partial charge in [-0.1, -0.05) is 58.6 Å². The molecule has 0 amide bonds. The molecule has 22 heavy (non-hydrogen) atoms. The van der Waals surface area contributed by atoms with E-state index in [4.69, 9.17) is 9.47 Å². The predicted octanol–water partition coefficient (Wildman–Crippen LogP) is 4.51. The fourth-order valence-corrected chi connectivity index (χ4v) is 1.89. The van der Waals surface area contributed by atoms with Crippen LogP contribution < -0.4 is 9.47 Å². The van der Waals surface area contributed by atoms with Crippen molar-refractivity contribution in [3.63, 3.8) is 0 Å². The van der Waals surface area contributed by atoms with Crippen molar-refractivity contribution in [3.05, 3.63) is 24.3 Å². The second-order valence-electron chi connectivity index (χ2n) is 5.66. The van der Waals surface area contributed by atoms with Crippen LogP contribution in [0.5, 0.6) is 11.5 Å². The summed E-state index contributed by atoms with van der Waals surface area (Å²) in [4.78, 5) is 23.5. The monoisotopic (exact) mass is 306 g/mol. The van der Waals surface area contributed by atoms with Crippen LogP contribution in [0.15, 0.2) is 24.3 Å². The number of esters is 2. The average Bonchev–Trinajstić information content (AvgIpc) is 2.49. The van der Waals surface area contributed by atoms with E-state index in [0.29, 0.717) is 17.9 Å². The summed E-state index contributed by atoms with van der Waals surface area (Å²) >= 11 is 0. The van der Waals surface area contributed by atoms with Gasteiger partial charge in [0.1, 0.15) is 0 Å². The third-order valence-electron chi connectivity index (χ3n) is 3.24.